The van der Waals surface area contributed by atoms with Crippen molar-refractivity contribution < 1.29 is 0 Å². The van der Waals surface area contributed by atoms with Crippen molar-refractivity contribution in [2.45, 2.75) is 44.9 Å². The molecular weight excluding hydrogens is 262 g/mol. The van der Waals surface area contributed by atoms with Crippen LogP contribution in [0.2, 0.25) is 5.02 Å². The van der Waals surface area contributed by atoms with Crippen LogP contribution in [0.1, 0.15) is 32.8 Å². The fourth-order valence-corrected chi connectivity index (χ4v) is 2.86. The maximum atomic E-state index is 6.03. The van der Waals surface area contributed by atoms with Crippen LogP contribution in [0.5, 0.6) is 0 Å². The molecule has 0 aliphatic rings. The molecule has 1 nitrogen and oxygen atoms in total. The van der Waals surface area contributed by atoms with Crippen LogP contribution in [0.15, 0.2) is 24.3 Å². The average molecular weight is 286 g/mol. The molecule has 1 atom stereocenters. The SMILES string of the molecule is CCCNC(CSC(C)C)Cc1cccc(Cl)c1. The van der Waals surface area contributed by atoms with Crippen LogP contribution in [0.4, 0.5) is 0 Å². The van der Waals surface area contributed by atoms with Crippen molar-refractivity contribution in [1.82, 2.24) is 5.32 Å². The van der Waals surface area contributed by atoms with Gasteiger partial charge < -0.3 is 5.32 Å². The Morgan fingerprint density at radius 2 is 2.11 bits per heavy atom. The second-order valence-corrected chi connectivity index (χ2v) is 6.91. The fourth-order valence-electron chi connectivity index (χ4n) is 1.80. The highest BCUT2D eigenvalue weighted by Crippen LogP contribution is 2.16. The van der Waals surface area contributed by atoms with Gasteiger partial charge in [0.15, 0.2) is 0 Å². The van der Waals surface area contributed by atoms with E-state index >= 15 is 0 Å². The summed E-state index contributed by atoms with van der Waals surface area (Å²) in [5, 5.41) is 5.15. The van der Waals surface area contributed by atoms with Gasteiger partial charge in [-0.05, 0) is 42.3 Å². The smallest absolute Gasteiger partial charge is 0.0408 e. The van der Waals surface area contributed by atoms with Gasteiger partial charge in [-0.25, -0.2) is 0 Å². The normalized spacial score (nSPS) is 12.9. The molecule has 0 saturated carbocycles. The molecule has 1 N–H and O–H groups in total. The summed E-state index contributed by atoms with van der Waals surface area (Å²) in [5.41, 5.74) is 1.32. The third kappa shape index (κ3) is 6.67. The summed E-state index contributed by atoms with van der Waals surface area (Å²) in [5.74, 6) is 1.16. The van der Waals surface area contributed by atoms with E-state index < -0.39 is 0 Å². The molecule has 102 valence electrons. The first kappa shape index (κ1) is 15.9. The number of halogens is 1. The number of hydrogen-bond acceptors (Lipinski definition) is 2. The Morgan fingerprint density at radius 3 is 2.72 bits per heavy atom. The number of benzene rings is 1. The lowest BCUT2D eigenvalue weighted by Crippen LogP contribution is -2.34. The maximum Gasteiger partial charge on any atom is 0.0408 e. The molecule has 0 radical (unpaired) electrons. The van der Waals surface area contributed by atoms with Gasteiger partial charge in [-0.3, -0.25) is 0 Å². The van der Waals surface area contributed by atoms with E-state index in [4.69, 9.17) is 11.6 Å². The summed E-state index contributed by atoms with van der Waals surface area (Å²) in [6.07, 6.45) is 2.23. The van der Waals surface area contributed by atoms with E-state index in [1.807, 2.05) is 23.9 Å². The van der Waals surface area contributed by atoms with Gasteiger partial charge in [0.2, 0.25) is 0 Å². The van der Waals surface area contributed by atoms with Crippen molar-refractivity contribution in [3.63, 3.8) is 0 Å². The lowest BCUT2D eigenvalue weighted by Gasteiger charge is -2.19. The van der Waals surface area contributed by atoms with Crippen molar-refractivity contribution in [3.8, 4) is 0 Å². The Kier molecular flexibility index (Phi) is 7.80. The van der Waals surface area contributed by atoms with Crippen molar-refractivity contribution in [2.75, 3.05) is 12.3 Å². The van der Waals surface area contributed by atoms with E-state index in [9.17, 15) is 0 Å². The lowest BCUT2D eigenvalue weighted by atomic mass is 10.1. The maximum absolute atomic E-state index is 6.03. The van der Waals surface area contributed by atoms with E-state index in [-0.39, 0.29) is 0 Å². The van der Waals surface area contributed by atoms with Crippen molar-refractivity contribution >= 4 is 23.4 Å². The number of nitrogens with one attached hydrogen (secondary N) is 1. The zero-order valence-electron chi connectivity index (χ0n) is 11.6. The first-order valence-electron chi connectivity index (χ1n) is 6.71. The molecule has 18 heavy (non-hydrogen) atoms. The molecule has 0 aromatic heterocycles. The highest BCUT2D eigenvalue weighted by atomic mass is 35.5. The highest BCUT2D eigenvalue weighted by Gasteiger charge is 2.10. The van der Waals surface area contributed by atoms with Crippen molar-refractivity contribution in [3.05, 3.63) is 34.9 Å². The molecule has 0 aliphatic heterocycles. The minimum atomic E-state index is 0.538. The second kappa shape index (κ2) is 8.84. The molecule has 0 saturated heterocycles. The minimum absolute atomic E-state index is 0.538. The van der Waals surface area contributed by atoms with Crippen LogP contribution in [-0.2, 0) is 6.42 Å². The van der Waals surface area contributed by atoms with Gasteiger partial charge in [-0.1, -0.05) is 44.5 Å². The monoisotopic (exact) mass is 285 g/mol. The highest BCUT2D eigenvalue weighted by molar-refractivity contribution is 7.99. The number of thioether (sulfide) groups is 1. The first-order chi connectivity index (χ1) is 8.61. The van der Waals surface area contributed by atoms with Gasteiger partial charge in [0.25, 0.3) is 0 Å². The standard InChI is InChI=1S/C15H24ClNS/c1-4-8-17-15(11-18-12(2)3)10-13-6-5-7-14(16)9-13/h5-7,9,12,15,17H,4,8,10-11H2,1-3H3. The fraction of sp³-hybridized carbons (Fsp3) is 0.600. The van der Waals surface area contributed by atoms with Crippen LogP contribution >= 0.6 is 23.4 Å². The third-order valence-corrected chi connectivity index (χ3v) is 4.18. The number of rotatable bonds is 8. The molecule has 1 rings (SSSR count). The zero-order valence-corrected chi connectivity index (χ0v) is 13.2. The largest absolute Gasteiger partial charge is 0.313 e. The summed E-state index contributed by atoms with van der Waals surface area (Å²) in [4.78, 5) is 0. The van der Waals surface area contributed by atoms with Crippen LogP contribution in [-0.4, -0.2) is 23.6 Å². The van der Waals surface area contributed by atoms with Crippen LogP contribution in [0, 0.1) is 0 Å². The zero-order chi connectivity index (χ0) is 13.4. The van der Waals surface area contributed by atoms with Crippen LogP contribution in [0.3, 0.4) is 0 Å². The molecule has 1 aromatic carbocycles. The van der Waals surface area contributed by atoms with Gasteiger partial charge in [0, 0.05) is 16.8 Å². The Bertz CT molecular complexity index is 341. The van der Waals surface area contributed by atoms with Crippen LogP contribution < -0.4 is 5.32 Å². The molecule has 1 unspecified atom stereocenters. The van der Waals surface area contributed by atoms with E-state index in [0.29, 0.717) is 11.3 Å². The van der Waals surface area contributed by atoms with E-state index in [0.717, 1.165) is 23.7 Å². The van der Waals surface area contributed by atoms with Crippen molar-refractivity contribution in [1.29, 1.82) is 0 Å². The minimum Gasteiger partial charge on any atom is -0.313 e. The van der Waals surface area contributed by atoms with Gasteiger partial charge in [-0.15, -0.1) is 0 Å². The Balaban J connectivity index is 2.53. The summed E-state index contributed by atoms with van der Waals surface area (Å²) in [6, 6.07) is 8.73. The van der Waals surface area contributed by atoms with E-state index in [1.165, 1.54) is 12.0 Å². The van der Waals surface area contributed by atoms with Gasteiger partial charge in [0.05, 0.1) is 0 Å². The Hall–Kier alpha value is -0.180. The Morgan fingerprint density at radius 1 is 1.33 bits per heavy atom. The van der Waals surface area contributed by atoms with Gasteiger partial charge in [0.1, 0.15) is 0 Å². The van der Waals surface area contributed by atoms with E-state index in [2.05, 4.69) is 38.2 Å². The predicted molar refractivity (Wildman–Crippen MR) is 84.8 cm³/mol. The van der Waals surface area contributed by atoms with Gasteiger partial charge in [-0.2, -0.15) is 11.8 Å². The Labute approximate surface area is 121 Å². The molecule has 0 aliphatic carbocycles. The second-order valence-electron chi connectivity index (χ2n) is 4.87. The van der Waals surface area contributed by atoms with Crippen molar-refractivity contribution in [2.24, 2.45) is 0 Å². The summed E-state index contributed by atoms with van der Waals surface area (Å²) >= 11 is 8.05. The van der Waals surface area contributed by atoms with Crippen LogP contribution in [0.25, 0.3) is 0 Å². The van der Waals surface area contributed by atoms with E-state index in [1.54, 1.807) is 0 Å². The topological polar surface area (TPSA) is 12.0 Å². The molecule has 3 heteroatoms. The molecule has 0 fully saturated rings. The molecule has 0 heterocycles. The predicted octanol–water partition coefficient (Wildman–Crippen LogP) is 4.39. The number of hydrogen-bond donors (Lipinski definition) is 1. The summed E-state index contributed by atoms with van der Waals surface area (Å²) in [6.45, 7) is 7.80. The third-order valence-electron chi connectivity index (χ3n) is 2.68. The molecule has 0 spiro atoms. The summed E-state index contributed by atoms with van der Waals surface area (Å²) in [7, 11) is 0. The summed E-state index contributed by atoms with van der Waals surface area (Å²) < 4.78 is 0. The molecule has 0 amide bonds. The molecule has 0 bridgehead atoms. The van der Waals surface area contributed by atoms with Gasteiger partial charge >= 0.3 is 0 Å². The molecule has 1 aromatic rings. The average Bonchev–Trinajstić information content (AvgIpc) is 2.32. The lowest BCUT2D eigenvalue weighted by molar-refractivity contribution is 0.550. The molecular formula is C15H24ClNS. The quantitative estimate of drug-likeness (QED) is 0.760. The first-order valence-corrected chi connectivity index (χ1v) is 8.14.